The minimum absolute atomic E-state index is 0.0759. The SMILES string of the molecule is COc1ccc(CNc2nc(-c3ncco3)c(C)n3nc(Cc4ccccc4C(F)(F)F)nc23)c(OC)c1. The molecule has 5 rings (SSSR count). The van der Waals surface area contributed by atoms with Crippen LogP contribution in [-0.4, -0.2) is 38.8 Å². The predicted molar refractivity (Wildman–Crippen MR) is 132 cm³/mol. The van der Waals surface area contributed by atoms with E-state index in [1.54, 1.807) is 33.3 Å². The van der Waals surface area contributed by atoms with Crippen molar-refractivity contribution in [1.29, 1.82) is 0 Å². The Hall–Kier alpha value is -4.61. The summed E-state index contributed by atoms with van der Waals surface area (Å²) in [4.78, 5) is 13.4. The lowest BCUT2D eigenvalue weighted by Crippen LogP contribution is -2.09. The molecule has 0 saturated heterocycles. The zero-order valence-corrected chi connectivity index (χ0v) is 20.7. The molecule has 0 fully saturated rings. The number of nitrogens with zero attached hydrogens (tertiary/aromatic N) is 5. The Morgan fingerprint density at radius 1 is 1.03 bits per heavy atom. The largest absolute Gasteiger partial charge is 0.497 e. The molecule has 3 aromatic heterocycles. The van der Waals surface area contributed by atoms with Crippen molar-refractivity contribution in [3.05, 3.63) is 83.1 Å². The highest BCUT2D eigenvalue weighted by molar-refractivity contribution is 5.68. The summed E-state index contributed by atoms with van der Waals surface area (Å²) in [7, 11) is 3.13. The second-order valence-corrected chi connectivity index (χ2v) is 8.36. The molecule has 0 bridgehead atoms. The number of rotatable bonds is 8. The van der Waals surface area contributed by atoms with Crippen molar-refractivity contribution in [2.75, 3.05) is 19.5 Å². The third-order valence-corrected chi connectivity index (χ3v) is 5.99. The van der Waals surface area contributed by atoms with E-state index in [0.717, 1.165) is 11.6 Å². The van der Waals surface area contributed by atoms with Crippen LogP contribution in [0.3, 0.4) is 0 Å². The van der Waals surface area contributed by atoms with Gasteiger partial charge in [0.05, 0.1) is 31.7 Å². The van der Waals surface area contributed by atoms with Crippen molar-refractivity contribution in [3.8, 4) is 23.1 Å². The second-order valence-electron chi connectivity index (χ2n) is 8.36. The molecule has 9 nitrogen and oxygen atoms in total. The van der Waals surface area contributed by atoms with Gasteiger partial charge in [-0.05, 0) is 30.7 Å². The summed E-state index contributed by atoms with van der Waals surface area (Å²) < 4.78 is 58.4. The van der Waals surface area contributed by atoms with E-state index in [1.165, 1.54) is 29.1 Å². The zero-order chi connectivity index (χ0) is 26.9. The topological polar surface area (TPSA) is 99.6 Å². The van der Waals surface area contributed by atoms with E-state index in [4.69, 9.17) is 13.9 Å². The Kier molecular flexibility index (Phi) is 6.62. The molecule has 3 heterocycles. The molecule has 0 aliphatic heterocycles. The van der Waals surface area contributed by atoms with Crippen LogP contribution in [0, 0.1) is 6.92 Å². The number of fused-ring (bicyclic) bond motifs is 1. The van der Waals surface area contributed by atoms with Crippen molar-refractivity contribution >= 4 is 11.5 Å². The molecular weight excluding hydrogens is 501 g/mol. The number of nitrogens with one attached hydrogen (secondary N) is 1. The van der Waals surface area contributed by atoms with Crippen molar-refractivity contribution in [2.24, 2.45) is 0 Å². The van der Waals surface area contributed by atoms with Crippen LogP contribution in [0.5, 0.6) is 11.5 Å². The number of oxazole rings is 1. The Morgan fingerprint density at radius 2 is 1.84 bits per heavy atom. The van der Waals surface area contributed by atoms with Crippen LogP contribution < -0.4 is 14.8 Å². The summed E-state index contributed by atoms with van der Waals surface area (Å²) >= 11 is 0. The normalized spacial score (nSPS) is 11.6. The number of alkyl halides is 3. The zero-order valence-electron chi connectivity index (χ0n) is 20.7. The summed E-state index contributed by atoms with van der Waals surface area (Å²) in [6.45, 7) is 2.07. The van der Waals surface area contributed by atoms with Crippen LogP contribution in [0.15, 0.2) is 59.3 Å². The van der Waals surface area contributed by atoms with Gasteiger partial charge in [-0.3, -0.25) is 0 Å². The molecule has 0 radical (unpaired) electrons. The first-order chi connectivity index (χ1) is 18.3. The maximum absolute atomic E-state index is 13.6. The molecule has 2 aromatic carbocycles. The van der Waals surface area contributed by atoms with E-state index in [9.17, 15) is 13.2 Å². The molecule has 0 aliphatic carbocycles. The second kappa shape index (κ2) is 10.0. The summed E-state index contributed by atoms with van der Waals surface area (Å²) in [6, 6.07) is 10.8. The minimum Gasteiger partial charge on any atom is -0.497 e. The molecule has 0 spiro atoms. The number of aryl methyl sites for hydroxylation is 1. The molecule has 5 aromatic rings. The maximum Gasteiger partial charge on any atom is 0.416 e. The lowest BCUT2D eigenvalue weighted by atomic mass is 10.0. The van der Waals surface area contributed by atoms with Crippen LogP contribution in [-0.2, 0) is 19.1 Å². The highest BCUT2D eigenvalue weighted by Crippen LogP contribution is 2.33. The molecule has 0 aliphatic rings. The average Bonchev–Trinajstić information content (AvgIpc) is 3.59. The van der Waals surface area contributed by atoms with Crippen molar-refractivity contribution in [1.82, 2.24) is 24.6 Å². The number of benzene rings is 2. The maximum atomic E-state index is 13.6. The molecule has 0 amide bonds. The number of hydrogen-bond donors (Lipinski definition) is 1. The van der Waals surface area contributed by atoms with E-state index in [1.807, 2.05) is 12.1 Å². The molecule has 0 saturated carbocycles. The van der Waals surface area contributed by atoms with E-state index < -0.39 is 11.7 Å². The van der Waals surface area contributed by atoms with Crippen LogP contribution in [0.1, 0.15) is 28.2 Å². The van der Waals surface area contributed by atoms with E-state index in [-0.39, 0.29) is 23.7 Å². The molecule has 0 unspecified atom stereocenters. The fraction of sp³-hybridized carbons (Fsp3) is 0.231. The molecule has 196 valence electrons. The number of aromatic nitrogens is 5. The van der Waals surface area contributed by atoms with Gasteiger partial charge in [-0.1, -0.05) is 18.2 Å². The lowest BCUT2D eigenvalue weighted by molar-refractivity contribution is -0.138. The molecule has 38 heavy (non-hydrogen) atoms. The number of methoxy groups -OCH3 is 2. The quantitative estimate of drug-likeness (QED) is 0.291. The summed E-state index contributed by atoms with van der Waals surface area (Å²) in [5, 5.41) is 7.77. The van der Waals surface area contributed by atoms with Gasteiger partial charge in [0.25, 0.3) is 0 Å². The molecular formula is C26H23F3N6O3. The predicted octanol–water partition coefficient (Wildman–Crippen LogP) is 5.33. The smallest absolute Gasteiger partial charge is 0.416 e. The number of ether oxygens (including phenoxy) is 2. The fourth-order valence-electron chi connectivity index (χ4n) is 4.12. The first-order valence-electron chi connectivity index (χ1n) is 11.5. The van der Waals surface area contributed by atoms with Gasteiger partial charge in [-0.25, -0.2) is 19.5 Å². The summed E-state index contributed by atoms with van der Waals surface area (Å²) in [5.74, 6) is 2.09. The average molecular weight is 525 g/mol. The van der Waals surface area contributed by atoms with Gasteiger partial charge < -0.3 is 19.2 Å². The van der Waals surface area contributed by atoms with Crippen LogP contribution >= 0.6 is 0 Å². The lowest BCUT2D eigenvalue weighted by Gasteiger charge is -2.13. The summed E-state index contributed by atoms with van der Waals surface area (Å²) in [6.07, 6.45) is -1.68. The Balaban J connectivity index is 1.56. The summed E-state index contributed by atoms with van der Waals surface area (Å²) in [5.41, 5.74) is 1.51. The number of halogens is 3. The van der Waals surface area contributed by atoms with Crippen molar-refractivity contribution < 1.29 is 27.1 Å². The molecule has 1 N–H and O–H groups in total. The highest BCUT2D eigenvalue weighted by Gasteiger charge is 2.33. The minimum atomic E-state index is -4.49. The van der Waals surface area contributed by atoms with Crippen molar-refractivity contribution in [2.45, 2.75) is 26.1 Å². The van der Waals surface area contributed by atoms with Gasteiger partial charge in [0.1, 0.15) is 23.5 Å². The standard InChI is InChI=1S/C26H23F3N6O3/c1-15-22(25-30-10-11-38-25)33-23(31-14-17-8-9-18(36-2)13-20(17)37-3)24-32-21(34-35(15)24)12-16-6-4-5-7-19(16)26(27,28)29/h4-11,13H,12,14H2,1-3H3,(H,31,33). The molecule has 12 heteroatoms. The first kappa shape index (κ1) is 25.1. The Labute approximate surface area is 215 Å². The highest BCUT2D eigenvalue weighted by atomic mass is 19.4. The monoisotopic (exact) mass is 524 g/mol. The Morgan fingerprint density at radius 3 is 2.55 bits per heavy atom. The first-order valence-corrected chi connectivity index (χ1v) is 11.5. The fourth-order valence-corrected chi connectivity index (χ4v) is 4.12. The van der Waals surface area contributed by atoms with Gasteiger partial charge >= 0.3 is 6.18 Å². The van der Waals surface area contributed by atoms with E-state index in [2.05, 4.69) is 25.4 Å². The van der Waals surface area contributed by atoms with Crippen molar-refractivity contribution in [3.63, 3.8) is 0 Å². The van der Waals surface area contributed by atoms with E-state index >= 15 is 0 Å². The van der Waals surface area contributed by atoms with Gasteiger partial charge in [0.2, 0.25) is 5.89 Å². The van der Waals surface area contributed by atoms with Gasteiger partial charge in [0, 0.05) is 24.6 Å². The third kappa shape index (κ3) is 4.84. The molecule has 0 atom stereocenters. The number of anilines is 1. The van der Waals surface area contributed by atoms with E-state index in [0.29, 0.717) is 40.9 Å². The Bertz CT molecular complexity index is 1580. The van der Waals surface area contributed by atoms with Gasteiger partial charge in [-0.2, -0.15) is 18.3 Å². The van der Waals surface area contributed by atoms with Crippen LogP contribution in [0.2, 0.25) is 0 Å². The van der Waals surface area contributed by atoms with Crippen LogP contribution in [0.25, 0.3) is 17.2 Å². The number of hydrogen-bond acceptors (Lipinski definition) is 8. The van der Waals surface area contributed by atoms with Gasteiger partial charge in [-0.15, -0.1) is 0 Å². The van der Waals surface area contributed by atoms with Crippen LogP contribution in [0.4, 0.5) is 19.0 Å². The van der Waals surface area contributed by atoms with Gasteiger partial charge in [0.15, 0.2) is 17.3 Å². The third-order valence-electron chi connectivity index (χ3n) is 5.99.